The van der Waals surface area contributed by atoms with Crippen LogP contribution >= 0.6 is 18.7 Å². The standard InChI is InChI=1S/C36H55N2O8PS/c1-11-43-47(42)22-21-37(24-27-16-12-13-17-29(27)28-18-23-48-25-28)26-36(47,30(39)44-33(2,3)4)19-14-15-20-38(31(40)45-34(5,6)7)32(41)46-35(8,9)10/h12-13,16-18,23,25H,11,14-15,19-22,24,26H2,1-10H3. The number of hydrogen-bond donors (Lipinski definition) is 0. The quantitative estimate of drug-likeness (QED) is 0.0978. The van der Waals surface area contributed by atoms with Crippen molar-refractivity contribution in [1.29, 1.82) is 0 Å². The highest BCUT2D eigenvalue weighted by molar-refractivity contribution is 7.62. The van der Waals surface area contributed by atoms with Crippen molar-refractivity contribution in [3.63, 3.8) is 0 Å². The molecule has 48 heavy (non-hydrogen) atoms. The van der Waals surface area contributed by atoms with Crippen molar-refractivity contribution in [3.05, 3.63) is 46.7 Å². The molecule has 2 amide bonds. The summed E-state index contributed by atoms with van der Waals surface area (Å²) in [6.45, 7) is 18.9. The first-order chi connectivity index (χ1) is 22.2. The van der Waals surface area contributed by atoms with Crippen LogP contribution in [0.4, 0.5) is 9.59 Å². The second-order valence-electron chi connectivity index (χ2n) is 15.3. The summed E-state index contributed by atoms with van der Waals surface area (Å²) in [5.41, 5.74) is 0.882. The molecule has 2 atom stereocenters. The predicted octanol–water partition coefficient (Wildman–Crippen LogP) is 8.97. The van der Waals surface area contributed by atoms with Crippen molar-refractivity contribution in [2.24, 2.45) is 0 Å². The van der Waals surface area contributed by atoms with Gasteiger partial charge in [-0.15, -0.1) is 0 Å². The number of esters is 1. The molecule has 12 heteroatoms. The number of carbonyl (C=O) groups excluding carboxylic acids is 3. The smallest absolute Gasteiger partial charge is 0.419 e. The fourth-order valence-corrected chi connectivity index (χ4v) is 9.34. The van der Waals surface area contributed by atoms with E-state index in [1.165, 1.54) is 0 Å². The monoisotopic (exact) mass is 706 g/mol. The average molecular weight is 707 g/mol. The van der Waals surface area contributed by atoms with Crippen LogP contribution in [0, 0.1) is 0 Å². The first-order valence-electron chi connectivity index (χ1n) is 16.7. The van der Waals surface area contributed by atoms with E-state index in [0.717, 1.165) is 21.6 Å². The van der Waals surface area contributed by atoms with Crippen molar-refractivity contribution in [3.8, 4) is 11.1 Å². The first-order valence-corrected chi connectivity index (χ1v) is 19.5. The van der Waals surface area contributed by atoms with Crippen LogP contribution in [0.2, 0.25) is 0 Å². The molecule has 1 aromatic heterocycles. The molecule has 1 aliphatic heterocycles. The van der Waals surface area contributed by atoms with Crippen LogP contribution in [0.1, 0.15) is 94.1 Å². The third kappa shape index (κ3) is 10.9. The van der Waals surface area contributed by atoms with Gasteiger partial charge < -0.3 is 18.7 Å². The number of carbonyl (C=O) groups is 3. The number of benzene rings is 1. The van der Waals surface area contributed by atoms with E-state index >= 15 is 0 Å². The van der Waals surface area contributed by atoms with Crippen molar-refractivity contribution in [1.82, 2.24) is 9.80 Å². The second-order valence-corrected chi connectivity index (χ2v) is 19.0. The minimum atomic E-state index is -3.57. The number of unbranched alkanes of at least 4 members (excludes halogenated alkanes) is 1. The number of hydrogen-bond acceptors (Lipinski definition) is 10. The maximum Gasteiger partial charge on any atom is 0.419 e. The van der Waals surface area contributed by atoms with Crippen LogP contribution in [-0.2, 0) is 34.6 Å². The molecule has 2 heterocycles. The van der Waals surface area contributed by atoms with E-state index in [0.29, 0.717) is 25.9 Å². The van der Waals surface area contributed by atoms with Crippen LogP contribution in [0.3, 0.4) is 0 Å². The lowest BCUT2D eigenvalue weighted by atomic mass is 9.97. The Bertz CT molecular complexity index is 1410. The maximum absolute atomic E-state index is 14.8. The first kappa shape index (κ1) is 39.7. The molecule has 0 bridgehead atoms. The predicted molar refractivity (Wildman–Crippen MR) is 191 cm³/mol. The Hall–Kier alpha value is -2.72. The van der Waals surface area contributed by atoms with Crippen molar-refractivity contribution in [2.45, 2.75) is 117 Å². The molecule has 0 spiro atoms. The number of nitrogens with zero attached hydrogens (tertiary/aromatic N) is 2. The lowest BCUT2D eigenvalue weighted by Gasteiger charge is -2.46. The summed E-state index contributed by atoms with van der Waals surface area (Å²) >= 11 is 1.64. The Balaban J connectivity index is 1.92. The summed E-state index contributed by atoms with van der Waals surface area (Å²) in [7, 11) is -3.57. The van der Waals surface area contributed by atoms with Gasteiger partial charge in [0.2, 0.25) is 7.37 Å². The Morgan fingerprint density at radius 1 is 0.896 bits per heavy atom. The van der Waals surface area contributed by atoms with E-state index in [4.69, 9.17) is 18.7 Å². The molecule has 1 saturated heterocycles. The number of imide groups is 1. The van der Waals surface area contributed by atoms with Crippen molar-refractivity contribution in [2.75, 3.05) is 32.4 Å². The molecule has 2 unspecified atom stereocenters. The fraction of sp³-hybridized carbons (Fsp3) is 0.639. The third-order valence-corrected chi connectivity index (χ3v) is 11.7. The topological polar surface area (TPSA) is 112 Å². The van der Waals surface area contributed by atoms with Gasteiger partial charge >= 0.3 is 18.2 Å². The van der Waals surface area contributed by atoms with Gasteiger partial charge in [0, 0.05) is 32.3 Å². The summed E-state index contributed by atoms with van der Waals surface area (Å²) in [5, 5.41) is 2.71. The zero-order valence-corrected chi connectivity index (χ0v) is 32.1. The molecule has 268 valence electrons. The SMILES string of the molecule is CCOP1(=O)CCN(Cc2ccccc2-c2ccsc2)CC1(CCCCN(C(=O)OC(C)(C)C)C(=O)OC(C)(C)C)C(=O)OC(C)(C)C. The fourth-order valence-electron chi connectivity index (χ4n) is 5.68. The van der Waals surface area contributed by atoms with Crippen LogP contribution in [0.15, 0.2) is 41.1 Å². The highest BCUT2D eigenvalue weighted by Gasteiger charge is 2.59. The van der Waals surface area contributed by atoms with E-state index in [1.54, 1.807) is 80.6 Å². The summed E-state index contributed by atoms with van der Waals surface area (Å²) in [4.78, 5) is 43.6. The summed E-state index contributed by atoms with van der Waals surface area (Å²) in [6.07, 6.45) is -0.576. The van der Waals surface area contributed by atoms with E-state index in [1.807, 2.05) is 17.5 Å². The molecular formula is C36H55N2O8PS. The molecule has 1 aromatic carbocycles. The van der Waals surface area contributed by atoms with Crippen molar-refractivity contribution < 1.29 is 37.7 Å². The van der Waals surface area contributed by atoms with Crippen LogP contribution in [-0.4, -0.2) is 82.3 Å². The van der Waals surface area contributed by atoms with Gasteiger partial charge in [-0.25, -0.2) is 14.5 Å². The highest BCUT2D eigenvalue weighted by atomic mass is 32.1. The lowest BCUT2D eigenvalue weighted by Crippen LogP contribution is -2.56. The average Bonchev–Trinajstić information content (AvgIpc) is 3.47. The zero-order valence-electron chi connectivity index (χ0n) is 30.4. The molecule has 2 aromatic rings. The van der Waals surface area contributed by atoms with Gasteiger partial charge in [0.15, 0.2) is 5.16 Å². The Kier molecular flexibility index (Phi) is 13.1. The van der Waals surface area contributed by atoms with Gasteiger partial charge in [0.25, 0.3) is 0 Å². The lowest BCUT2D eigenvalue weighted by molar-refractivity contribution is -0.160. The van der Waals surface area contributed by atoms with Crippen LogP contribution in [0.5, 0.6) is 0 Å². The molecule has 1 fully saturated rings. The molecular weight excluding hydrogens is 651 g/mol. The van der Waals surface area contributed by atoms with Gasteiger partial charge in [-0.2, -0.15) is 11.3 Å². The van der Waals surface area contributed by atoms with Crippen LogP contribution < -0.4 is 0 Å². The number of ether oxygens (including phenoxy) is 3. The summed E-state index contributed by atoms with van der Waals surface area (Å²) in [6, 6.07) is 10.3. The molecule has 10 nitrogen and oxygen atoms in total. The van der Waals surface area contributed by atoms with Gasteiger partial charge in [-0.1, -0.05) is 24.3 Å². The second kappa shape index (κ2) is 15.9. The Morgan fingerprint density at radius 2 is 1.50 bits per heavy atom. The van der Waals surface area contributed by atoms with Crippen molar-refractivity contribution >= 4 is 36.9 Å². The Morgan fingerprint density at radius 3 is 2.04 bits per heavy atom. The molecule has 0 N–H and O–H groups in total. The minimum Gasteiger partial charge on any atom is -0.459 e. The maximum atomic E-state index is 14.8. The normalized spacial score (nSPS) is 20.6. The number of amides is 2. The largest absolute Gasteiger partial charge is 0.459 e. The number of rotatable bonds is 11. The molecule has 1 aliphatic rings. The van der Waals surface area contributed by atoms with Gasteiger partial charge in [0.1, 0.15) is 16.8 Å². The highest BCUT2D eigenvalue weighted by Crippen LogP contribution is 2.64. The van der Waals surface area contributed by atoms with E-state index in [9.17, 15) is 18.9 Å². The summed E-state index contributed by atoms with van der Waals surface area (Å²) in [5.74, 6) is -0.557. The summed E-state index contributed by atoms with van der Waals surface area (Å²) < 4.78 is 37.9. The molecule has 0 aliphatic carbocycles. The van der Waals surface area contributed by atoms with E-state index in [-0.39, 0.29) is 32.3 Å². The van der Waals surface area contributed by atoms with Gasteiger partial charge in [-0.3, -0.25) is 14.3 Å². The van der Waals surface area contributed by atoms with E-state index < -0.39 is 47.5 Å². The minimum absolute atomic E-state index is 0.00904. The van der Waals surface area contributed by atoms with Gasteiger partial charge in [0.05, 0.1) is 6.61 Å². The van der Waals surface area contributed by atoms with Crippen LogP contribution in [0.25, 0.3) is 11.1 Å². The van der Waals surface area contributed by atoms with E-state index in [2.05, 4.69) is 28.5 Å². The zero-order chi connectivity index (χ0) is 36.0. The molecule has 3 rings (SSSR count). The Labute approximate surface area is 290 Å². The number of thiophene rings is 1. The molecule has 0 saturated carbocycles. The molecule has 0 radical (unpaired) electrons. The van der Waals surface area contributed by atoms with Gasteiger partial charge in [-0.05, 0) is 122 Å². The third-order valence-electron chi connectivity index (χ3n) is 7.66.